The molecule has 6 fully saturated rings. The molecule has 6 aliphatic rings. The van der Waals surface area contributed by atoms with Crippen molar-refractivity contribution in [2.75, 3.05) is 20.1 Å². The molecular formula is C51H60Br3N3O5. The monoisotopic (exact) mass is 1030 g/mol. The van der Waals surface area contributed by atoms with Gasteiger partial charge in [-0.25, -0.2) is 4.79 Å². The zero-order chi connectivity index (χ0) is 43.4. The number of hydrogen-bond donors (Lipinski definition) is 1. The van der Waals surface area contributed by atoms with Crippen LogP contribution in [0.3, 0.4) is 0 Å². The molecule has 1 N–H and O–H groups in total. The normalized spacial score (nSPS) is 34.7. The minimum Gasteiger partial charge on any atom is -0.422 e. The number of benzene rings is 3. The van der Waals surface area contributed by atoms with Gasteiger partial charge in [0.1, 0.15) is 5.76 Å². The predicted octanol–water partition coefficient (Wildman–Crippen LogP) is 11.0. The van der Waals surface area contributed by atoms with Gasteiger partial charge in [0.25, 0.3) is 11.8 Å². The van der Waals surface area contributed by atoms with Crippen LogP contribution in [-0.2, 0) is 9.53 Å². The number of likely N-dealkylation sites (tertiary alicyclic amines) is 3. The van der Waals surface area contributed by atoms with Crippen molar-refractivity contribution < 1.29 is 24.2 Å². The van der Waals surface area contributed by atoms with Crippen molar-refractivity contribution in [2.45, 2.75) is 114 Å². The summed E-state index contributed by atoms with van der Waals surface area (Å²) in [6.45, 7) is 6.24. The summed E-state index contributed by atoms with van der Waals surface area (Å²) in [7, 11) is 2.27. The maximum absolute atomic E-state index is 15.2. The zero-order valence-corrected chi connectivity index (χ0v) is 40.9. The van der Waals surface area contributed by atoms with E-state index in [1.807, 2.05) is 48.5 Å². The lowest BCUT2D eigenvalue weighted by atomic mass is 9.64. The van der Waals surface area contributed by atoms with Crippen LogP contribution in [0.5, 0.6) is 0 Å². The predicted molar refractivity (Wildman–Crippen MR) is 253 cm³/mol. The van der Waals surface area contributed by atoms with Gasteiger partial charge in [0.15, 0.2) is 0 Å². The molecule has 3 aromatic rings. The topological polar surface area (TPSA) is 90.4 Å². The number of amides is 2. The molecule has 62 heavy (non-hydrogen) atoms. The van der Waals surface area contributed by atoms with E-state index in [0.717, 1.165) is 77.8 Å². The molecule has 330 valence electrons. The van der Waals surface area contributed by atoms with Gasteiger partial charge in [0, 0.05) is 67.8 Å². The van der Waals surface area contributed by atoms with E-state index >= 15 is 4.79 Å². The summed E-state index contributed by atoms with van der Waals surface area (Å²) in [5, 5.41) is 13.1. The molecule has 3 aromatic carbocycles. The van der Waals surface area contributed by atoms with Crippen LogP contribution in [-0.4, -0.2) is 87.5 Å². The molecule has 2 amide bonds. The number of hydrogen-bond acceptors (Lipinski definition) is 6. The molecule has 12 atom stereocenters. The summed E-state index contributed by atoms with van der Waals surface area (Å²) in [5.74, 6) is 2.40. The van der Waals surface area contributed by atoms with Crippen LogP contribution < -0.4 is 0 Å². The number of aliphatic hydroxyl groups is 1. The first-order valence-electron chi connectivity index (χ1n) is 23.0. The lowest BCUT2D eigenvalue weighted by molar-refractivity contribution is -0.141. The van der Waals surface area contributed by atoms with Crippen LogP contribution in [0.15, 0.2) is 92.3 Å². The molecular weight excluding hydrogens is 974 g/mol. The number of nitrogens with zero attached hydrogens (tertiary/aromatic N) is 3. The molecule has 3 aliphatic heterocycles. The van der Waals surface area contributed by atoms with Crippen molar-refractivity contribution in [1.82, 2.24) is 14.7 Å². The number of halogens is 3. The number of esters is 1. The van der Waals surface area contributed by atoms with E-state index in [0.29, 0.717) is 65.3 Å². The van der Waals surface area contributed by atoms with Crippen LogP contribution in [0, 0.1) is 41.4 Å². The summed E-state index contributed by atoms with van der Waals surface area (Å²) in [4.78, 5) is 50.0. The summed E-state index contributed by atoms with van der Waals surface area (Å²) in [6.07, 6.45) is 12.1. The van der Waals surface area contributed by atoms with E-state index in [2.05, 4.69) is 83.4 Å². The SMILES string of the molecule is C[C@@H]1C[C@H]2C[C@@H]3N(C(=O)c4ccc(Br)cc4)[C@@H](C[C@@H]4C[C@@H](C)C[C@H]5[C@H]4CCCN5C(=O)C=C(OC(=O)c4ccc(Br)cc4)c4ccc(Br)cc4)CC[C@]3(O)[C@@H]3C[C@H]2[C@H](C1)N(C)C3. The number of piperidine rings is 3. The fourth-order valence-electron chi connectivity index (χ4n) is 13.4. The lowest BCUT2D eigenvalue weighted by Crippen LogP contribution is -2.66. The number of rotatable bonds is 7. The molecule has 8 nitrogen and oxygen atoms in total. The highest BCUT2D eigenvalue weighted by Gasteiger charge is 2.60. The Hall–Kier alpha value is -2.83. The van der Waals surface area contributed by atoms with E-state index in [9.17, 15) is 14.7 Å². The Balaban J connectivity index is 1.01. The summed E-state index contributed by atoms with van der Waals surface area (Å²) < 4.78 is 8.71. The van der Waals surface area contributed by atoms with Gasteiger partial charge >= 0.3 is 5.97 Å². The minimum atomic E-state index is -0.933. The summed E-state index contributed by atoms with van der Waals surface area (Å²) >= 11 is 10.5. The third-order valence-corrected chi connectivity index (χ3v) is 17.7. The Labute approximate surface area is 392 Å². The fraction of sp³-hybridized carbons (Fsp3) is 0.549. The molecule has 2 bridgehead atoms. The molecule has 0 spiro atoms. The lowest BCUT2D eigenvalue weighted by Gasteiger charge is -2.56. The zero-order valence-electron chi connectivity index (χ0n) is 36.1. The second-order valence-corrected chi connectivity index (χ2v) is 22.7. The molecule has 3 saturated carbocycles. The van der Waals surface area contributed by atoms with Crippen molar-refractivity contribution in [3.05, 3.63) is 109 Å². The highest BCUT2D eigenvalue weighted by molar-refractivity contribution is 9.11. The first kappa shape index (κ1) is 44.4. The molecule has 0 radical (unpaired) electrons. The molecule has 3 aliphatic carbocycles. The van der Waals surface area contributed by atoms with Crippen molar-refractivity contribution in [3.8, 4) is 0 Å². The van der Waals surface area contributed by atoms with Crippen molar-refractivity contribution in [1.29, 1.82) is 0 Å². The average Bonchev–Trinajstić information content (AvgIpc) is 3.35. The Morgan fingerprint density at radius 1 is 0.758 bits per heavy atom. The molecule has 11 heteroatoms. The Morgan fingerprint density at radius 3 is 2.05 bits per heavy atom. The fourth-order valence-corrected chi connectivity index (χ4v) is 14.2. The van der Waals surface area contributed by atoms with Gasteiger partial charge in [0.05, 0.1) is 17.2 Å². The van der Waals surface area contributed by atoms with Crippen LogP contribution in [0.4, 0.5) is 0 Å². The van der Waals surface area contributed by atoms with E-state index in [-0.39, 0.29) is 47.5 Å². The smallest absolute Gasteiger partial charge is 0.343 e. The van der Waals surface area contributed by atoms with E-state index in [4.69, 9.17) is 4.74 Å². The Bertz CT molecular complexity index is 2170. The van der Waals surface area contributed by atoms with Crippen molar-refractivity contribution >= 4 is 71.3 Å². The van der Waals surface area contributed by atoms with Crippen molar-refractivity contribution in [2.24, 2.45) is 41.4 Å². The number of carbonyl (C=O) groups is 3. The number of carbonyl (C=O) groups excluding carboxylic acids is 3. The molecule has 3 saturated heterocycles. The number of fused-ring (bicyclic) bond motifs is 4. The van der Waals surface area contributed by atoms with Gasteiger partial charge in [-0.15, -0.1) is 0 Å². The molecule has 9 rings (SSSR count). The summed E-state index contributed by atoms with van der Waals surface area (Å²) in [6, 6.07) is 22.6. The van der Waals surface area contributed by atoms with Crippen LogP contribution in [0.1, 0.15) is 111 Å². The largest absolute Gasteiger partial charge is 0.422 e. The maximum atomic E-state index is 15.2. The van der Waals surface area contributed by atoms with E-state index in [1.165, 1.54) is 12.5 Å². The Morgan fingerprint density at radius 2 is 1.37 bits per heavy atom. The second-order valence-electron chi connectivity index (χ2n) is 20.0. The van der Waals surface area contributed by atoms with Crippen molar-refractivity contribution in [3.63, 3.8) is 0 Å². The van der Waals surface area contributed by atoms with E-state index in [1.54, 1.807) is 24.3 Å². The highest BCUT2D eigenvalue weighted by Crippen LogP contribution is 2.55. The standard InChI is InChI=1S/C51H60Br3N3O5/c1-30-22-36-26-47-51(61,37-27-43(36)44(23-30)55(3)29-37)19-18-41(57(47)49(59)33-8-14-39(53)15-9-33)25-35-21-31(2)24-45-42(35)5-4-20-56(45)48(58)28-46(32-6-12-38(52)13-7-32)62-50(60)34-10-16-40(54)17-11-34/h6-17,28,30-31,35-37,41-45,47,61H,4-5,18-27,29H2,1-3H3/t30-,31-,35+,36+,37-,41-,42+,43-,44+,45+,47+,51+/m1/s1. The van der Waals surface area contributed by atoms with Gasteiger partial charge < -0.3 is 24.5 Å². The van der Waals surface area contributed by atoms with E-state index < -0.39 is 11.6 Å². The minimum absolute atomic E-state index is 0.00660. The first-order chi connectivity index (χ1) is 29.7. The maximum Gasteiger partial charge on any atom is 0.343 e. The van der Waals surface area contributed by atoms with Gasteiger partial charge in [-0.1, -0.05) is 73.8 Å². The van der Waals surface area contributed by atoms with Gasteiger partial charge in [-0.05, 0) is 174 Å². The van der Waals surface area contributed by atoms with Gasteiger partial charge in [-0.2, -0.15) is 0 Å². The third kappa shape index (κ3) is 8.80. The van der Waals surface area contributed by atoms with Gasteiger partial charge in [0.2, 0.25) is 0 Å². The molecule has 3 heterocycles. The summed E-state index contributed by atoms with van der Waals surface area (Å²) in [5.41, 5.74) is 0.796. The molecule has 0 unspecified atom stereocenters. The Kier molecular flexibility index (Phi) is 13.0. The average molecular weight is 1030 g/mol. The first-order valence-corrected chi connectivity index (χ1v) is 25.4. The second kappa shape index (κ2) is 18.2. The van der Waals surface area contributed by atoms with Crippen LogP contribution in [0.25, 0.3) is 5.76 Å². The molecule has 0 aromatic heterocycles. The van der Waals surface area contributed by atoms with Crippen LogP contribution in [0.2, 0.25) is 0 Å². The van der Waals surface area contributed by atoms with Gasteiger partial charge in [-0.3, -0.25) is 9.59 Å². The third-order valence-electron chi connectivity index (χ3n) is 16.1. The number of ether oxygens (including phenoxy) is 1. The highest BCUT2D eigenvalue weighted by atomic mass is 79.9. The van der Waals surface area contributed by atoms with Crippen LogP contribution >= 0.6 is 47.8 Å². The quantitative estimate of drug-likeness (QED) is 0.144.